The molecule has 0 aliphatic carbocycles. The van der Waals surface area contributed by atoms with Crippen molar-refractivity contribution in [3.8, 4) is 0 Å². The Hall–Kier alpha value is -1.44. The van der Waals surface area contributed by atoms with Gasteiger partial charge < -0.3 is 10.6 Å². The van der Waals surface area contributed by atoms with Gasteiger partial charge in [0.25, 0.3) is 5.91 Å². The number of rotatable bonds is 5. The Morgan fingerprint density at radius 3 is 2.59 bits per heavy atom. The van der Waals surface area contributed by atoms with Crippen molar-refractivity contribution in [2.75, 3.05) is 13.1 Å². The number of hydrogen-bond donors (Lipinski definition) is 3. The minimum absolute atomic E-state index is 0.110. The van der Waals surface area contributed by atoms with Crippen molar-refractivity contribution in [3.63, 3.8) is 0 Å². The van der Waals surface area contributed by atoms with Crippen molar-refractivity contribution >= 4 is 15.9 Å². The summed E-state index contributed by atoms with van der Waals surface area (Å²) in [6.07, 6.45) is 1.78. The van der Waals surface area contributed by atoms with Crippen LogP contribution >= 0.6 is 0 Å². The van der Waals surface area contributed by atoms with Gasteiger partial charge in [0.05, 0.1) is 4.90 Å². The number of benzene rings is 1. The molecule has 1 fully saturated rings. The zero-order chi connectivity index (χ0) is 16.2. The van der Waals surface area contributed by atoms with Gasteiger partial charge in [-0.15, -0.1) is 0 Å². The van der Waals surface area contributed by atoms with Gasteiger partial charge in [0.2, 0.25) is 10.0 Å². The summed E-state index contributed by atoms with van der Waals surface area (Å²) in [7, 11) is -3.59. The van der Waals surface area contributed by atoms with Crippen LogP contribution in [0.4, 0.5) is 0 Å². The third-order valence-corrected chi connectivity index (χ3v) is 5.13. The van der Waals surface area contributed by atoms with E-state index >= 15 is 0 Å². The first kappa shape index (κ1) is 16.9. The van der Waals surface area contributed by atoms with Crippen LogP contribution in [0.3, 0.4) is 0 Å². The standard InChI is InChI=1S/C15H23N3O3S/c1-11(2)18-22(20,21)14-5-3-4-12(10-14)15(19)17-13-6-8-16-9-7-13/h3-5,10-11,13,16,18H,6-9H2,1-2H3,(H,17,19). The molecule has 0 aromatic heterocycles. The second-order valence-electron chi connectivity index (χ2n) is 5.80. The average molecular weight is 325 g/mol. The van der Waals surface area contributed by atoms with Gasteiger partial charge in [-0.05, 0) is 58.0 Å². The molecule has 1 aliphatic rings. The van der Waals surface area contributed by atoms with Crippen LogP contribution in [0.25, 0.3) is 0 Å². The maximum Gasteiger partial charge on any atom is 0.251 e. The van der Waals surface area contributed by atoms with E-state index in [1.54, 1.807) is 26.0 Å². The van der Waals surface area contributed by atoms with Gasteiger partial charge in [-0.25, -0.2) is 13.1 Å². The van der Waals surface area contributed by atoms with Gasteiger partial charge in [0, 0.05) is 17.6 Å². The zero-order valence-electron chi connectivity index (χ0n) is 12.9. The lowest BCUT2D eigenvalue weighted by atomic mass is 10.1. The minimum Gasteiger partial charge on any atom is -0.349 e. The molecular formula is C15H23N3O3S. The molecule has 6 nitrogen and oxygen atoms in total. The number of sulfonamides is 1. The number of carbonyl (C=O) groups excluding carboxylic acids is 1. The molecule has 3 N–H and O–H groups in total. The van der Waals surface area contributed by atoms with Crippen molar-refractivity contribution in [1.82, 2.24) is 15.4 Å². The fraction of sp³-hybridized carbons (Fsp3) is 0.533. The first-order chi connectivity index (χ1) is 10.4. The van der Waals surface area contributed by atoms with Crippen LogP contribution < -0.4 is 15.4 Å². The van der Waals surface area contributed by atoms with Gasteiger partial charge in [0.15, 0.2) is 0 Å². The van der Waals surface area contributed by atoms with E-state index in [-0.39, 0.29) is 22.9 Å². The topological polar surface area (TPSA) is 87.3 Å². The largest absolute Gasteiger partial charge is 0.349 e. The SMILES string of the molecule is CC(C)NS(=O)(=O)c1cccc(C(=O)NC2CCNCC2)c1. The van der Waals surface area contributed by atoms with Gasteiger partial charge in [-0.2, -0.15) is 0 Å². The highest BCUT2D eigenvalue weighted by atomic mass is 32.2. The Balaban J connectivity index is 2.12. The molecule has 0 saturated carbocycles. The van der Waals surface area contributed by atoms with E-state index in [9.17, 15) is 13.2 Å². The Kier molecular flexibility index (Phi) is 5.55. The van der Waals surface area contributed by atoms with E-state index in [2.05, 4.69) is 15.4 Å². The molecule has 1 aromatic rings. The van der Waals surface area contributed by atoms with Crippen LogP contribution in [0, 0.1) is 0 Å². The molecule has 7 heteroatoms. The quantitative estimate of drug-likeness (QED) is 0.749. The molecule has 1 amide bonds. The average Bonchev–Trinajstić information content (AvgIpc) is 2.47. The smallest absolute Gasteiger partial charge is 0.251 e. The highest BCUT2D eigenvalue weighted by Crippen LogP contribution is 2.13. The summed E-state index contributed by atoms with van der Waals surface area (Å²) >= 11 is 0. The Bertz CT molecular complexity index is 623. The lowest BCUT2D eigenvalue weighted by Gasteiger charge is -2.23. The molecule has 0 bridgehead atoms. The van der Waals surface area contributed by atoms with E-state index < -0.39 is 10.0 Å². The predicted molar refractivity (Wildman–Crippen MR) is 85.3 cm³/mol. The van der Waals surface area contributed by atoms with Gasteiger partial charge in [0.1, 0.15) is 0 Å². The number of hydrogen-bond acceptors (Lipinski definition) is 4. The lowest BCUT2D eigenvalue weighted by molar-refractivity contribution is 0.0929. The first-order valence-corrected chi connectivity index (χ1v) is 9.01. The summed E-state index contributed by atoms with van der Waals surface area (Å²) in [6, 6.07) is 6.07. The maximum atomic E-state index is 12.3. The monoisotopic (exact) mass is 325 g/mol. The summed E-state index contributed by atoms with van der Waals surface area (Å²) < 4.78 is 26.8. The zero-order valence-corrected chi connectivity index (χ0v) is 13.7. The Morgan fingerprint density at radius 1 is 1.27 bits per heavy atom. The van der Waals surface area contributed by atoms with Crippen molar-refractivity contribution in [2.24, 2.45) is 0 Å². The molecule has 1 heterocycles. The van der Waals surface area contributed by atoms with Crippen LogP contribution in [0.5, 0.6) is 0 Å². The van der Waals surface area contributed by atoms with E-state index in [1.165, 1.54) is 12.1 Å². The third-order valence-electron chi connectivity index (χ3n) is 3.47. The number of nitrogens with one attached hydrogen (secondary N) is 3. The van der Waals surface area contributed by atoms with E-state index in [4.69, 9.17) is 0 Å². The van der Waals surface area contributed by atoms with Crippen LogP contribution in [-0.2, 0) is 10.0 Å². The van der Waals surface area contributed by atoms with Crippen LogP contribution in [0.1, 0.15) is 37.0 Å². The lowest BCUT2D eigenvalue weighted by Crippen LogP contribution is -2.42. The molecule has 1 aromatic carbocycles. The number of amides is 1. The summed E-state index contributed by atoms with van der Waals surface area (Å²) in [5, 5.41) is 6.20. The molecular weight excluding hydrogens is 302 g/mol. The normalized spacial score (nSPS) is 16.7. The highest BCUT2D eigenvalue weighted by molar-refractivity contribution is 7.89. The molecule has 1 saturated heterocycles. The number of carbonyl (C=O) groups is 1. The maximum absolute atomic E-state index is 12.3. The second kappa shape index (κ2) is 7.21. The highest BCUT2D eigenvalue weighted by Gasteiger charge is 2.19. The van der Waals surface area contributed by atoms with Gasteiger partial charge in [-0.3, -0.25) is 4.79 Å². The van der Waals surface area contributed by atoms with Crippen LogP contribution in [0.2, 0.25) is 0 Å². The third kappa shape index (κ3) is 4.53. The van der Waals surface area contributed by atoms with Crippen molar-refractivity contribution in [1.29, 1.82) is 0 Å². The van der Waals surface area contributed by atoms with Crippen molar-refractivity contribution < 1.29 is 13.2 Å². The summed E-state index contributed by atoms with van der Waals surface area (Å²) in [4.78, 5) is 12.4. The first-order valence-electron chi connectivity index (χ1n) is 7.52. The molecule has 2 rings (SSSR count). The van der Waals surface area contributed by atoms with Gasteiger partial charge >= 0.3 is 0 Å². The summed E-state index contributed by atoms with van der Waals surface area (Å²) in [5.41, 5.74) is 0.366. The van der Waals surface area contributed by atoms with Gasteiger partial charge in [-0.1, -0.05) is 6.07 Å². The molecule has 1 aliphatic heterocycles. The van der Waals surface area contributed by atoms with E-state index in [1.807, 2.05) is 0 Å². The number of piperidine rings is 1. The predicted octanol–water partition coefficient (Wildman–Crippen LogP) is 0.855. The van der Waals surface area contributed by atoms with Crippen LogP contribution in [0.15, 0.2) is 29.2 Å². The second-order valence-corrected chi connectivity index (χ2v) is 7.52. The summed E-state index contributed by atoms with van der Waals surface area (Å²) in [5.74, 6) is -0.228. The van der Waals surface area contributed by atoms with Crippen molar-refractivity contribution in [2.45, 2.75) is 43.7 Å². The molecule has 122 valence electrons. The Labute approximate surface area is 131 Å². The molecule has 0 atom stereocenters. The molecule has 0 unspecified atom stereocenters. The molecule has 22 heavy (non-hydrogen) atoms. The van der Waals surface area contributed by atoms with E-state index in [0.717, 1.165) is 25.9 Å². The minimum atomic E-state index is -3.59. The molecule has 0 spiro atoms. The summed E-state index contributed by atoms with van der Waals surface area (Å²) in [6.45, 7) is 5.28. The van der Waals surface area contributed by atoms with Crippen molar-refractivity contribution in [3.05, 3.63) is 29.8 Å². The molecule has 0 radical (unpaired) electrons. The fourth-order valence-corrected chi connectivity index (χ4v) is 3.71. The fourth-order valence-electron chi connectivity index (χ4n) is 2.42. The Morgan fingerprint density at radius 2 is 1.95 bits per heavy atom. The van der Waals surface area contributed by atoms with E-state index in [0.29, 0.717) is 5.56 Å². The van der Waals surface area contributed by atoms with Crippen LogP contribution in [-0.4, -0.2) is 39.5 Å².